The van der Waals surface area contributed by atoms with Crippen molar-refractivity contribution in [1.29, 1.82) is 0 Å². The minimum Gasteiger partial charge on any atom is -0.393 e. The summed E-state index contributed by atoms with van der Waals surface area (Å²) in [6.45, 7) is 4.17. The Balaban J connectivity index is 2.53. The van der Waals surface area contributed by atoms with Gasteiger partial charge in [-0.3, -0.25) is 14.5 Å². The van der Waals surface area contributed by atoms with Crippen LogP contribution in [0.2, 0.25) is 0 Å². The Bertz CT molecular complexity index is 549. The Labute approximate surface area is 133 Å². The van der Waals surface area contributed by atoms with Gasteiger partial charge in [-0.05, 0) is 33.0 Å². The highest BCUT2D eigenvalue weighted by molar-refractivity contribution is 6.03. The molecule has 9 heteroatoms. The number of likely N-dealkylation sites (N-methyl/N-ethyl adjacent to an activating group) is 1. The number of nitrogens with one attached hydrogen (secondary N) is 2. The van der Waals surface area contributed by atoms with Crippen LogP contribution in [-0.4, -0.2) is 82.4 Å². The van der Waals surface area contributed by atoms with Gasteiger partial charge in [0.25, 0.3) is 17.5 Å². The molecule has 4 atom stereocenters. The van der Waals surface area contributed by atoms with Crippen molar-refractivity contribution in [3.05, 3.63) is 12.2 Å². The van der Waals surface area contributed by atoms with Gasteiger partial charge in [0.05, 0.1) is 13.2 Å². The third-order valence-electron chi connectivity index (χ3n) is 4.47. The van der Waals surface area contributed by atoms with E-state index in [0.717, 1.165) is 6.92 Å². The third-order valence-corrected chi connectivity index (χ3v) is 4.47. The molecule has 2 amide bonds. The molecular weight excluding hydrogens is 306 g/mol. The summed E-state index contributed by atoms with van der Waals surface area (Å²) in [7, 11) is 3.22. The van der Waals surface area contributed by atoms with Crippen LogP contribution in [-0.2, 0) is 14.3 Å². The Hall–Kier alpha value is -1.52. The zero-order chi connectivity index (χ0) is 17.6. The second-order valence-corrected chi connectivity index (χ2v) is 6.37. The third kappa shape index (κ3) is 2.36. The SMILES string of the molecule is C=C1CCO[C@]2([C@@H](O)[C@@](C)(O)CO)NC(=O)[C@@]1(N(C)C)NC2=O. The minimum atomic E-state index is -2.19. The van der Waals surface area contributed by atoms with Crippen LogP contribution < -0.4 is 10.6 Å². The van der Waals surface area contributed by atoms with E-state index in [2.05, 4.69) is 17.2 Å². The molecule has 0 aliphatic carbocycles. The molecule has 130 valence electrons. The monoisotopic (exact) mass is 329 g/mol. The second-order valence-electron chi connectivity index (χ2n) is 6.37. The Kier molecular flexibility index (Phi) is 4.29. The number of piperazine rings is 1. The molecule has 0 spiro atoms. The van der Waals surface area contributed by atoms with Crippen molar-refractivity contribution in [1.82, 2.24) is 15.5 Å². The van der Waals surface area contributed by atoms with E-state index < -0.39 is 41.5 Å². The lowest BCUT2D eigenvalue weighted by molar-refractivity contribution is -0.226. The summed E-state index contributed by atoms with van der Waals surface area (Å²) < 4.78 is 5.44. The van der Waals surface area contributed by atoms with Gasteiger partial charge in [0.2, 0.25) is 0 Å². The second kappa shape index (κ2) is 5.53. The first-order chi connectivity index (χ1) is 10.5. The van der Waals surface area contributed by atoms with Gasteiger partial charge >= 0.3 is 0 Å². The van der Waals surface area contributed by atoms with Crippen molar-refractivity contribution in [2.75, 3.05) is 27.3 Å². The molecule has 0 aromatic rings. The summed E-state index contributed by atoms with van der Waals surface area (Å²) in [4.78, 5) is 26.9. The van der Waals surface area contributed by atoms with E-state index in [9.17, 15) is 24.9 Å². The minimum absolute atomic E-state index is 0.000686. The Morgan fingerprint density at radius 2 is 2.00 bits per heavy atom. The predicted molar refractivity (Wildman–Crippen MR) is 78.9 cm³/mol. The fourth-order valence-corrected chi connectivity index (χ4v) is 2.92. The molecule has 0 unspecified atom stereocenters. The van der Waals surface area contributed by atoms with Gasteiger partial charge in [-0.25, -0.2) is 0 Å². The maximum Gasteiger partial charge on any atom is 0.278 e. The van der Waals surface area contributed by atoms with Gasteiger partial charge in [-0.2, -0.15) is 0 Å². The average Bonchev–Trinajstić information content (AvgIpc) is 2.47. The lowest BCUT2D eigenvalue weighted by atomic mass is 9.83. The molecule has 23 heavy (non-hydrogen) atoms. The maximum atomic E-state index is 12.7. The number of carbonyl (C=O) groups is 2. The van der Waals surface area contributed by atoms with Crippen molar-refractivity contribution in [3.8, 4) is 0 Å². The molecule has 5 N–H and O–H groups in total. The molecule has 3 heterocycles. The lowest BCUT2D eigenvalue weighted by Gasteiger charge is -2.53. The van der Waals surface area contributed by atoms with Crippen LogP contribution in [0.15, 0.2) is 12.2 Å². The van der Waals surface area contributed by atoms with Crippen LogP contribution in [0.5, 0.6) is 0 Å². The standard InChI is InChI=1S/C14H23N3O6/c1-8-5-6-23-14(9(19)12(2,22)7-18)11(21)15-13(8,17(3)4)10(20)16-14/h9,18-19,22H,1,5-7H2,2-4H3,(H,15,21)(H,16,20)/t9-,12-,13+,14-/m0/s1. The molecule has 3 rings (SSSR count). The molecule has 0 radical (unpaired) electrons. The molecule has 2 bridgehead atoms. The summed E-state index contributed by atoms with van der Waals surface area (Å²) in [5.41, 5.74) is -5.28. The number of ether oxygens (including phenoxy) is 1. The summed E-state index contributed by atoms with van der Waals surface area (Å²) in [5.74, 6) is -1.47. The zero-order valence-electron chi connectivity index (χ0n) is 13.4. The largest absolute Gasteiger partial charge is 0.393 e. The fourth-order valence-electron chi connectivity index (χ4n) is 2.92. The van der Waals surface area contributed by atoms with Crippen LogP contribution in [0.1, 0.15) is 13.3 Å². The normalized spacial score (nSPS) is 35.2. The van der Waals surface area contributed by atoms with E-state index in [0.29, 0.717) is 5.57 Å². The predicted octanol–water partition coefficient (Wildman–Crippen LogP) is -2.73. The number of hydrogen-bond donors (Lipinski definition) is 5. The van der Waals surface area contributed by atoms with Crippen LogP contribution >= 0.6 is 0 Å². The molecule has 3 fully saturated rings. The van der Waals surface area contributed by atoms with Crippen LogP contribution in [0.25, 0.3) is 0 Å². The number of carbonyl (C=O) groups excluding carboxylic acids is 2. The van der Waals surface area contributed by atoms with Gasteiger partial charge < -0.3 is 30.7 Å². The van der Waals surface area contributed by atoms with E-state index in [1.54, 1.807) is 14.1 Å². The number of aliphatic hydroxyl groups excluding tert-OH is 2. The zero-order valence-corrected chi connectivity index (χ0v) is 13.4. The van der Waals surface area contributed by atoms with Crippen molar-refractivity contribution < 1.29 is 29.6 Å². The topological polar surface area (TPSA) is 131 Å². The summed E-state index contributed by atoms with van der Waals surface area (Å²) in [5, 5.41) is 34.7. The highest BCUT2D eigenvalue weighted by Crippen LogP contribution is 2.35. The Morgan fingerprint density at radius 1 is 1.39 bits per heavy atom. The van der Waals surface area contributed by atoms with Crippen LogP contribution in [0.3, 0.4) is 0 Å². The molecule has 3 saturated heterocycles. The van der Waals surface area contributed by atoms with Crippen molar-refractivity contribution >= 4 is 11.8 Å². The number of aliphatic hydroxyl groups is 3. The van der Waals surface area contributed by atoms with Gasteiger partial charge in [0.1, 0.15) is 11.7 Å². The van der Waals surface area contributed by atoms with Gasteiger partial charge in [-0.1, -0.05) is 6.58 Å². The highest BCUT2D eigenvalue weighted by atomic mass is 16.5. The number of rotatable bonds is 4. The van der Waals surface area contributed by atoms with Gasteiger partial charge in [-0.15, -0.1) is 0 Å². The lowest BCUT2D eigenvalue weighted by Crippen LogP contribution is -2.84. The summed E-state index contributed by atoms with van der Waals surface area (Å²) in [6.07, 6.45) is -1.61. The van der Waals surface area contributed by atoms with E-state index in [1.165, 1.54) is 4.90 Å². The van der Waals surface area contributed by atoms with Gasteiger partial charge in [0, 0.05) is 0 Å². The number of nitrogens with zero attached hydrogens (tertiary/aromatic N) is 1. The highest BCUT2D eigenvalue weighted by Gasteiger charge is 2.64. The van der Waals surface area contributed by atoms with Crippen LogP contribution in [0.4, 0.5) is 0 Å². The quantitative estimate of drug-likeness (QED) is 0.354. The van der Waals surface area contributed by atoms with E-state index in [4.69, 9.17) is 4.74 Å². The van der Waals surface area contributed by atoms with Gasteiger partial charge in [0.15, 0.2) is 5.66 Å². The molecular formula is C14H23N3O6. The molecule has 9 nitrogen and oxygen atoms in total. The van der Waals surface area contributed by atoms with Crippen molar-refractivity contribution in [2.45, 2.75) is 36.4 Å². The molecule has 3 aliphatic heterocycles. The molecule has 0 aromatic carbocycles. The van der Waals surface area contributed by atoms with Crippen molar-refractivity contribution in [3.63, 3.8) is 0 Å². The number of amides is 2. The summed E-state index contributed by atoms with van der Waals surface area (Å²) in [6, 6.07) is 0. The smallest absolute Gasteiger partial charge is 0.278 e. The van der Waals surface area contributed by atoms with Crippen molar-refractivity contribution in [2.24, 2.45) is 0 Å². The van der Waals surface area contributed by atoms with E-state index >= 15 is 0 Å². The first kappa shape index (κ1) is 17.8. The Morgan fingerprint density at radius 3 is 2.52 bits per heavy atom. The maximum absolute atomic E-state index is 12.7. The van der Waals surface area contributed by atoms with E-state index in [1.807, 2.05) is 0 Å². The first-order valence-electron chi connectivity index (χ1n) is 7.21. The molecule has 0 saturated carbocycles. The first-order valence-corrected chi connectivity index (χ1v) is 7.21. The van der Waals surface area contributed by atoms with Crippen LogP contribution in [0, 0.1) is 0 Å². The number of fused-ring (bicyclic) bond motifs is 5. The van der Waals surface area contributed by atoms with E-state index in [-0.39, 0.29) is 13.0 Å². The summed E-state index contributed by atoms with van der Waals surface area (Å²) >= 11 is 0. The average molecular weight is 329 g/mol. The molecule has 3 aliphatic rings. The molecule has 0 aromatic heterocycles. The number of hydrogen-bond acceptors (Lipinski definition) is 7. The fraction of sp³-hybridized carbons (Fsp3) is 0.714.